The van der Waals surface area contributed by atoms with Crippen LogP contribution in [0, 0.1) is 13.8 Å². The van der Waals surface area contributed by atoms with Crippen molar-refractivity contribution in [2.24, 2.45) is 0 Å². The average Bonchev–Trinajstić information content (AvgIpc) is 2.36. The molecule has 116 valence electrons. The molecule has 1 aromatic carbocycles. The summed E-state index contributed by atoms with van der Waals surface area (Å²) in [6, 6.07) is 3.32. The fourth-order valence-corrected chi connectivity index (χ4v) is 2.56. The minimum atomic E-state index is -3.19. The summed E-state index contributed by atoms with van der Waals surface area (Å²) in [7, 11) is -1.73. The van der Waals surface area contributed by atoms with Gasteiger partial charge in [0, 0.05) is 19.8 Å². The van der Waals surface area contributed by atoms with Gasteiger partial charge >= 0.3 is 5.97 Å². The van der Waals surface area contributed by atoms with E-state index in [0.29, 0.717) is 11.1 Å². The van der Waals surface area contributed by atoms with Crippen molar-refractivity contribution >= 4 is 21.7 Å². The van der Waals surface area contributed by atoms with Crippen molar-refractivity contribution in [2.75, 3.05) is 25.6 Å². The molecule has 0 radical (unpaired) electrons. The quantitative estimate of drug-likeness (QED) is 0.879. The zero-order valence-corrected chi connectivity index (χ0v) is 13.3. The average molecular weight is 313 g/mol. The summed E-state index contributed by atoms with van der Waals surface area (Å²) in [6.45, 7) is 3.30. The van der Waals surface area contributed by atoms with Crippen LogP contribution in [0.15, 0.2) is 12.1 Å². The van der Waals surface area contributed by atoms with Crippen LogP contribution in [-0.2, 0) is 9.84 Å². The third-order valence-corrected chi connectivity index (χ3v) is 4.12. The predicted octanol–water partition coefficient (Wildman–Crippen LogP) is 1.12. The van der Waals surface area contributed by atoms with Gasteiger partial charge in [-0.15, -0.1) is 0 Å². The van der Waals surface area contributed by atoms with Crippen LogP contribution in [0.5, 0.6) is 0 Å². The van der Waals surface area contributed by atoms with Crippen molar-refractivity contribution in [3.8, 4) is 0 Å². The van der Waals surface area contributed by atoms with Crippen LogP contribution < -0.4 is 0 Å². The van der Waals surface area contributed by atoms with E-state index in [-0.39, 0.29) is 23.4 Å². The van der Waals surface area contributed by atoms with Crippen molar-refractivity contribution in [1.82, 2.24) is 4.90 Å². The number of sulfone groups is 1. The summed E-state index contributed by atoms with van der Waals surface area (Å²) in [5, 5.41) is 9.29. The van der Waals surface area contributed by atoms with Gasteiger partial charge in [0.2, 0.25) is 0 Å². The largest absolute Gasteiger partial charge is 0.478 e. The molecule has 0 saturated heterocycles. The number of hydrogen-bond acceptors (Lipinski definition) is 4. The summed E-state index contributed by atoms with van der Waals surface area (Å²) in [5.41, 5.74) is 1.12. The number of carbonyl (C=O) groups excluding carboxylic acids is 1. The molecule has 0 saturated carbocycles. The molecule has 0 aliphatic heterocycles. The Hall–Kier alpha value is -1.89. The fraction of sp³-hybridized carbons (Fsp3) is 0.429. The highest BCUT2D eigenvalue weighted by molar-refractivity contribution is 7.90. The Bertz CT molecular complexity index is 679. The lowest BCUT2D eigenvalue weighted by molar-refractivity contribution is 0.0681. The molecule has 0 heterocycles. The van der Waals surface area contributed by atoms with Gasteiger partial charge in [-0.2, -0.15) is 0 Å². The van der Waals surface area contributed by atoms with Crippen LogP contribution in [0.25, 0.3) is 0 Å². The van der Waals surface area contributed by atoms with Gasteiger partial charge in [0.15, 0.2) is 0 Å². The topological polar surface area (TPSA) is 91.8 Å². The molecule has 0 aliphatic rings. The lowest BCUT2D eigenvalue weighted by Crippen LogP contribution is -2.33. The van der Waals surface area contributed by atoms with E-state index in [1.54, 1.807) is 26.0 Å². The molecule has 0 atom stereocenters. The first-order valence-corrected chi connectivity index (χ1v) is 8.37. The molecule has 0 aromatic heterocycles. The van der Waals surface area contributed by atoms with Gasteiger partial charge in [0.1, 0.15) is 9.84 Å². The second-order valence-corrected chi connectivity index (χ2v) is 7.37. The van der Waals surface area contributed by atoms with Crippen molar-refractivity contribution < 1.29 is 23.1 Å². The minimum absolute atomic E-state index is 0.0180. The van der Waals surface area contributed by atoms with E-state index in [9.17, 15) is 23.1 Å². The van der Waals surface area contributed by atoms with Crippen molar-refractivity contribution in [1.29, 1.82) is 0 Å². The van der Waals surface area contributed by atoms with Crippen molar-refractivity contribution in [3.05, 3.63) is 34.4 Å². The molecular formula is C14H19NO5S. The van der Waals surface area contributed by atoms with Crippen molar-refractivity contribution in [2.45, 2.75) is 13.8 Å². The number of aromatic carboxylic acids is 1. The Balaban J connectivity index is 3.18. The highest BCUT2D eigenvalue weighted by Gasteiger charge is 2.24. The standard InChI is InChI=1S/C14H19NO5S/c1-9-5-6-10(2)12(14(17)18)11(9)13(16)15(3)7-8-21(4,19)20/h5-6H,7-8H2,1-4H3,(H,17,18). The molecular weight excluding hydrogens is 294 g/mol. The molecule has 0 unspecified atom stereocenters. The Morgan fingerprint density at radius 1 is 1.14 bits per heavy atom. The summed E-state index contributed by atoms with van der Waals surface area (Å²) >= 11 is 0. The molecule has 1 N–H and O–H groups in total. The van der Waals surface area contributed by atoms with Crippen LogP contribution in [0.2, 0.25) is 0 Å². The number of rotatable bonds is 5. The maximum absolute atomic E-state index is 12.4. The lowest BCUT2D eigenvalue weighted by Gasteiger charge is -2.20. The van der Waals surface area contributed by atoms with Gasteiger partial charge in [0.05, 0.1) is 16.9 Å². The predicted molar refractivity (Wildman–Crippen MR) is 79.5 cm³/mol. The Kier molecular flexibility index (Phi) is 5.11. The van der Waals surface area contributed by atoms with E-state index >= 15 is 0 Å². The molecule has 0 bridgehead atoms. The number of amides is 1. The minimum Gasteiger partial charge on any atom is -0.478 e. The maximum Gasteiger partial charge on any atom is 0.336 e. The second-order valence-electron chi connectivity index (χ2n) is 5.11. The summed E-state index contributed by atoms with van der Waals surface area (Å²) in [4.78, 5) is 25.0. The number of nitrogens with zero attached hydrogens (tertiary/aromatic N) is 1. The number of benzene rings is 1. The molecule has 0 aliphatic carbocycles. The van der Waals surface area contributed by atoms with Gasteiger partial charge in [-0.25, -0.2) is 13.2 Å². The SMILES string of the molecule is Cc1ccc(C)c(C(=O)N(C)CCS(C)(=O)=O)c1C(=O)O. The monoisotopic (exact) mass is 313 g/mol. The highest BCUT2D eigenvalue weighted by atomic mass is 32.2. The van der Waals surface area contributed by atoms with Crippen LogP contribution in [0.3, 0.4) is 0 Å². The molecule has 1 amide bonds. The molecule has 0 spiro atoms. The van der Waals surface area contributed by atoms with E-state index in [0.717, 1.165) is 6.26 Å². The van der Waals surface area contributed by atoms with E-state index in [1.807, 2.05) is 0 Å². The molecule has 1 aromatic rings. The van der Waals surface area contributed by atoms with Crippen LogP contribution in [0.1, 0.15) is 31.8 Å². The zero-order valence-electron chi connectivity index (χ0n) is 12.5. The van der Waals surface area contributed by atoms with Gasteiger partial charge in [-0.3, -0.25) is 4.79 Å². The highest BCUT2D eigenvalue weighted by Crippen LogP contribution is 2.20. The number of carboxylic acids is 1. The van der Waals surface area contributed by atoms with Crippen molar-refractivity contribution in [3.63, 3.8) is 0 Å². The number of carbonyl (C=O) groups is 2. The third-order valence-electron chi connectivity index (χ3n) is 3.19. The molecule has 6 nitrogen and oxygen atoms in total. The first-order chi connectivity index (χ1) is 9.54. The normalized spacial score (nSPS) is 11.2. The number of hydrogen-bond donors (Lipinski definition) is 1. The third kappa shape index (κ3) is 4.29. The number of aryl methyl sites for hydroxylation is 2. The summed E-state index contributed by atoms with van der Waals surface area (Å²) < 4.78 is 22.3. The van der Waals surface area contributed by atoms with Crippen LogP contribution >= 0.6 is 0 Å². The van der Waals surface area contributed by atoms with E-state index < -0.39 is 21.7 Å². The second kappa shape index (κ2) is 6.26. The molecule has 0 fully saturated rings. The fourth-order valence-electron chi connectivity index (χ4n) is 1.96. The summed E-state index contributed by atoms with van der Waals surface area (Å²) in [6.07, 6.45) is 1.09. The first kappa shape index (κ1) is 17.2. The van der Waals surface area contributed by atoms with E-state index in [1.165, 1.54) is 11.9 Å². The van der Waals surface area contributed by atoms with E-state index in [4.69, 9.17) is 0 Å². The molecule has 21 heavy (non-hydrogen) atoms. The van der Waals surface area contributed by atoms with Gasteiger partial charge in [0.25, 0.3) is 5.91 Å². The Morgan fingerprint density at radius 2 is 1.62 bits per heavy atom. The molecule has 7 heteroatoms. The Morgan fingerprint density at radius 3 is 2.05 bits per heavy atom. The van der Waals surface area contributed by atoms with Gasteiger partial charge < -0.3 is 10.0 Å². The van der Waals surface area contributed by atoms with Crippen LogP contribution in [0.4, 0.5) is 0 Å². The Labute approximate surface area is 124 Å². The zero-order chi connectivity index (χ0) is 16.4. The summed E-state index contributed by atoms with van der Waals surface area (Å²) in [5.74, 6) is -1.82. The molecule has 1 rings (SSSR count). The smallest absolute Gasteiger partial charge is 0.336 e. The van der Waals surface area contributed by atoms with Crippen LogP contribution in [-0.4, -0.2) is 55.9 Å². The van der Waals surface area contributed by atoms with Gasteiger partial charge in [-0.1, -0.05) is 12.1 Å². The maximum atomic E-state index is 12.4. The van der Waals surface area contributed by atoms with E-state index in [2.05, 4.69) is 0 Å². The first-order valence-electron chi connectivity index (χ1n) is 6.31. The lowest BCUT2D eigenvalue weighted by atomic mass is 9.96. The number of carboxylic acid groups (broad SMARTS) is 1. The van der Waals surface area contributed by atoms with Gasteiger partial charge in [-0.05, 0) is 25.0 Å².